The maximum Gasteiger partial charge on any atom is 0.273 e. The van der Waals surface area contributed by atoms with Gasteiger partial charge in [0.2, 0.25) is 0 Å². The van der Waals surface area contributed by atoms with Gasteiger partial charge in [0, 0.05) is 23.8 Å². The zero-order chi connectivity index (χ0) is 14.0. The van der Waals surface area contributed by atoms with Gasteiger partial charge >= 0.3 is 0 Å². The highest BCUT2D eigenvalue weighted by molar-refractivity contribution is 9.10. The zero-order valence-electron chi connectivity index (χ0n) is 11.8. The molecule has 4 heteroatoms. The summed E-state index contributed by atoms with van der Waals surface area (Å²) in [7, 11) is 0. The Morgan fingerprint density at radius 1 is 1.15 bits per heavy atom. The van der Waals surface area contributed by atoms with Crippen LogP contribution in [0.5, 0.6) is 0 Å². The van der Waals surface area contributed by atoms with E-state index in [9.17, 15) is 4.79 Å². The Morgan fingerprint density at radius 3 is 2.50 bits per heavy atom. The first kappa shape index (κ1) is 14.1. The topological polar surface area (TPSA) is 33.2 Å². The predicted octanol–water partition coefficient (Wildman–Crippen LogP) is 4.03. The van der Waals surface area contributed by atoms with E-state index in [1.165, 1.54) is 44.9 Å². The number of carbonyl (C=O) groups excluding carboxylic acids is 1. The van der Waals surface area contributed by atoms with Gasteiger partial charge in [-0.2, -0.15) is 0 Å². The highest BCUT2D eigenvalue weighted by Gasteiger charge is 2.37. The van der Waals surface area contributed by atoms with E-state index < -0.39 is 0 Å². The molecule has 3 rings (SSSR count). The van der Waals surface area contributed by atoms with Crippen molar-refractivity contribution in [1.29, 1.82) is 0 Å². The Hall–Kier alpha value is -0.900. The fraction of sp³-hybridized carbons (Fsp3) is 0.625. The van der Waals surface area contributed by atoms with Gasteiger partial charge in [0.1, 0.15) is 5.69 Å². The number of hydrogen-bond donors (Lipinski definition) is 0. The fourth-order valence-corrected chi connectivity index (χ4v) is 4.10. The summed E-state index contributed by atoms with van der Waals surface area (Å²) in [5.74, 6) is 0.0723. The van der Waals surface area contributed by atoms with Gasteiger partial charge in [0.15, 0.2) is 0 Å². The van der Waals surface area contributed by atoms with Gasteiger partial charge in [-0.3, -0.25) is 4.79 Å². The second-order valence-electron chi connectivity index (χ2n) is 6.19. The van der Waals surface area contributed by atoms with Crippen molar-refractivity contribution in [3.8, 4) is 0 Å². The van der Waals surface area contributed by atoms with Gasteiger partial charge in [0.05, 0.1) is 0 Å². The lowest BCUT2D eigenvalue weighted by atomic mass is 9.68. The van der Waals surface area contributed by atoms with Crippen LogP contribution >= 0.6 is 15.9 Å². The molecular formula is C16H21BrN2O. The van der Waals surface area contributed by atoms with Crippen LogP contribution in [-0.4, -0.2) is 28.9 Å². The second-order valence-corrected chi connectivity index (χ2v) is 7.04. The van der Waals surface area contributed by atoms with E-state index in [0.29, 0.717) is 11.1 Å². The van der Waals surface area contributed by atoms with Crippen LogP contribution in [0, 0.1) is 5.41 Å². The average molecular weight is 337 g/mol. The lowest BCUT2D eigenvalue weighted by Crippen LogP contribution is -2.44. The molecule has 0 N–H and O–H groups in total. The predicted molar refractivity (Wildman–Crippen MR) is 82.6 cm³/mol. The monoisotopic (exact) mass is 336 g/mol. The first-order valence-corrected chi connectivity index (χ1v) is 8.39. The normalized spacial score (nSPS) is 21.9. The largest absolute Gasteiger partial charge is 0.337 e. The van der Waals surface area contributed by atoms with Crippen LogP contribution < -0.4 is 0 Å². The first-order valence-electron chi connectivity index (χ1n) is 7.60. The van der Waals surface area contributed by atoms with E-state index in [2.05, 4.69) is 20.9 Å². The molecule has 1 amide bonds. The Balaban J connectivity index is 1.66. The number of carbonyl (C=O) groups is 1. The van der Waals surface area contributed by atoms with Gasteiger partial charge in [0.25, 0.3) is 5.91 Å². The number of nitrogens with zero attached hydrogens (tertiary/aromatic N) is 2. The minimum Gasteiger partial charge on any atom is -0.337 e. The Labute approximate surface area is 128 Å². The average Bonchev–Trinajstić information content (AvgIpc) is 2.49. The lowest BCUT2D eigenvalue weighted by molar-refractivity contribution is 0.0466. The third-order valence-electron chi connectivity index (χ3n) is 4.99. The standard InChI is InChI=1S/C16H21BrN2O/c17-13-5-4-10-18-14(13)15(20)19-11-8-16(9-12-19)6-2-1-3-7-16/h4-5,10H,1-3,6-9,11-12H2. The molecule has 0 aromatic carbocycles. The summed E-state index contributed by atoms with van der Waals surface area (Å²) in [5, 5.41) is 0. The molecule has 1 spiro atoms. The number of halogens is 1. The summed E-state index contributed by atoms with van der Waals surface area (Å²) in [5.41, 5.74) is 1.09. The summed E-state index contributed by atoms with van der Waals surface area (Å²) in [6, 6.07) is 3.72. The summed E-state index contributed by atoms with van der Waals surface area (Å²) in [6.45, 7) is 1.78. The molecule has 1 aliphatic carbocycles. The summed E-state index contributed by atoms with van der Waals surface area (Å²) < 4.78 is 0.794. The van der Waals surface area contributed by atoms with Crippen molar-refractivity contribution in [2.75, 3.05) is 13.1 Å². The highest BCUT2D eigenvalue weighted by Crippen LogP contribution is 2.44. The smallest absolute Gasteiger partial charge is 0.273 e. The van der Waals surface area contributed by atoms with Crippen LogP contribution in [0.1, 0.15) is 55.4 Å². The molecule has 108 valence electrons. The molecule has 1 aliphatic heterocycles. The molecule has 1 saturated heterocycles. The Bertz CT molecular complexity index is 487. The van der Waals surface area contributed by atoms with Crippen LogP contribution in [0.2, 0.25) is 0 Å². The summed E-state index contributed by atoms with van der Waals surface area (Å²) in [6.07, 6.45) is 10.9. The van der Waals surface area contributed by atoms with Crippen LogP contribution in [-0.2, 0) is 0 Å². The SMILES string of the molecule is O=C(c1ncccc1Br)N1CCC2(CCCCC2)CC1. The van der Waals surface area contributed by atoms with E-state index in [4.69, 9.17) is 0 Å². The number of hydrogen-bond acceptors (Lipinski definition) is 2. The van der Waals surface area contributed by atoms with E-state index in [1.54, 1.807) is 6.20 Å². The fourth-order valence-electron chi connectivity index (χ4n) is 3.68. The van der Waals surface area contributed by atoms with Crippen LogP contribution in [0.15, 0.2) is 22.8 Å². The lowest BCUT2D eigenvalue weighted by Gasteiger charge is -2.44. The Kier molecular flexibility index (Phi) is 4.11. The molecule has 2 fully saturated rings. The summed E-state index contributed by atoms with van der Waals surface area (Å²) >= 11 is 3.42. The van der Waals surface area contributed by atoms with Crippen molar-refractivity contribution >= 4 is 21.8 Å². The van der Waals surface area contributed by atoms with Gasteiger partial charge in [-0.25, -0.2) is 4.98 Å². The number of piperidine rings is 1. The molecule has 3 nitrogen and oxygen atoms in total. The van der Waals surface area contributed by atoms with Crippen molar-refractivity contribution in [1.82, 2.24) is 9.88 Å². The van der Waals surface area contributed by atoms with Crippen molar-refractivity contribution < 1.29 is 4.79 Å². The number of pyridine rings is 1. The van der Waals surface area contributed by atoms with E-state index in [-0.39, 0.29) is 5.91 Å². The number of likely N-dealkylation sites (tertiary alicyclic amines) is 1. The minimum atomic E-state index is 0.0723. The molecule has 0 radical (unpaired) electrons. The van der Waals surface area contributed by atoms with Gasteiger partial charge < -0.3 is 4.90 Å². The minimum absolute atomic E-state index is 0.0723. The zero-order valence-corrected chi connectivity index (χ0v) is 13.4. The quantitative estimate of drug-likeness (QED) is 0.775. The van der Waals surface area contributed by atoms with Gasteiger partial charge in [-0.15, -0.1) is 0 Å². The molecular weight excluding hydrogens is 316 g/mol. The molecule has 2 aliphatic rings. The molecule has 0 atom stereocenters. The maximum absolute atomic E-state index is 12.5. The van der Waals surface area contributed by atoms with Crippen LogP contribution in [0.3, 0.4) is 0 Å². The molecule has 1 saturated carbocycles. The van der Waals surface area contributed by atoms with Crippen molar-refractivity contribution in [3.05, 3.63) is 28.5 Å². The van der Waals surface area contributed by atoms with Crippen LogP contribution in [0.4, 0.5) is 0 Å². The third kappa shape index (κ3) is 2.76. The van der Waals surface area contributed by atoms with E-state index in [1.807, 2.05) is 17.0 Å². The van der Waals surface area contributed by atoms with Crippen LogP contribution in [0.25, 0.3) is 0 Å². The summed E-state index contributed by atoms with van der Waals surface area (Å²) in [4.78, 5) is 18.7. The van der Waals surface area contributed by atoms with Crippen molar-refractivity contribution in [2.24, 2.45) is 5.41 Å². The van der Waals surface area contributed by atoms with E-state index >= 15 is 0 Å². The molecule has 2 heterocycles. The molecule has 1 aromatic rings. The second kappa shape index (κ2) is 5.84. The van der Waals surface area contributed by atoms with Gasteiger partial charge in [-0.05, 0) is 59.2 Å². The number of aromatic nitrogens is 1. The molecule has 0 unspecified atom stereocenters. The third-order valence-corrected chi connectivity index (χ3v) is 5.63. The van der Waals surface area contributed by atoms with E-state index in [0.717, 1.165) is 17.6 Å². The Morgan fingerprint density at radius 2 is 1.85 bits per heavy atom. The molecule has 20 heavy (non-hydrogen) atoms. The molecule has 0 bridgehead atoms. The number of amides is 1. The molecule has 1 aromatic heterocycles. The highest BCUT2D eigenvalue weighted by atomic mass is 79.9. The maximum atomic E-state index is 12.5. The number of rotatable bonds is 1. The van der Waals surface area contributed by atoms with Crippen molar-refractivity contribution in [2.45, 2.75) is 44.9 Å². The first-order chi connectivity index (χ1) is 9.70. The van der Waals surface area contributed by atoms with Crippen molar-refractivity contribution in [3.63, 3.8) is 0 Å². The van der Waals surface area contributed by atoms with Gasteiger partial charge in [-0.1, -0.05) is 19.3 Å².